The molecular weight excluding hydrogens is 234 g/mol. The van der Waals surface area contributed by atoms with E-state index in [0.29, 0.717) is 0 Å². The van der Waals surface area contributed by atoms with Crippen LogP contribution in [-0.4, -0.2) is 17.7 Å². The monoisotopic (exact) mass is 242 g/mol. The van der Waals surface area contributed by atoms with Gasteiger partial charge < -0.3 is 15.6 Å². The smallest absolute Gasteiger partial charge is 0.387 e. The zero-order valence-electron chi connectivity index (χ0n) is 8.48. The fourth-order valence-corrected chi connectivity index (χ4v) is 1.31. The second-order valence-corrected chi connectivity index (χ2v) is 3.11. The number of rotatable bonds is 4. The lowest BCUT2D eigenvalue weighted by atomic mass is 10.0. The highest BCUT2D eigenvalue weighted by atomic mass is 19.3. The van der Waals surface area contributed by atoms with Gasteiger partial charge in [-0.25, -0.2) is 0 Å². The van der Waals surface area contributed by atoms with Crippen molar-refractivity contribution in [1.29, 1.82) is 5.26 Å². The first-order valence-corrected chi connectivity index (χ1v) is 4.43. The van der Waals surface area contributed by atoms with Gasteiger partial charge >= 0.3 is 12.6 Å². The Balaban J connectivity index is 3.25. The predicted molar refractivity (Wildman–Crippen MR) is 53.5 cm³/mol. The maximum atomic E-state index is 12.1. The minimum atomic E-state index is -3.11. The zero-order valence-corrected chi connectivity index (χ0v) is 8.48. The molecule has 17 heavy (non-hydrogen) atoms. The number of nitrogens with two attached hydrogens (primary N) is 1. The first-order valence-electron chi connectivity index (χ1n) is 4.43. The molecule has 0 aliphatic heterocycles. The average Bonchev–Trinajstić information content (AvgIpc) is 2.14. The van der Waals surface area contributed by atoms with E-state index in [4.69, 9.17) is 16.1 Å². The van der Waals surface area contributed by atoms with Crippen LogP contribution < -0.4 is 10.5 Å². The molecule has 5 nitrogen and oxygen atoms in total. The van der Waals surface area contributed by atoms with E-state index in [0.717, 1.165) is 6.07 Å². The Morgan fingerprint density at radius 3 is 2.71 bits per heavy atom. The fraction of sp³-hybridized carbons (Fsp3) is 0.200. The van der Waals surface area contributed by atoms with Crippen LogP contribution in [0, 0.1) is 11.3 Å². The van der Waals surface area contributed by atoms with Gasteiger partial charge in [0.25, 0.3) is 0 Å². The lowest BCUT2D eigenvalue weighted by Crippen LogP contribution is -2.08. The third kappa shape index (κ3) is 3.31. The third-order valence-corrected chi connectivity index (χ3v) is 1.88. The highest BCUT2D eigenvalue weighted by Crippen LogP contribution is 2.27. The fourth-order valence-electron chi connectivity index (χ4n) is 1.31. The molecule has 7 heteroatoms. The van der Waals surface area contributed by atoms with Crippen LogP contribution in [0.25, 0.3) is 0 Å². The van der Waals surface area contributed by atoms with E-state index >= 15 is 0 Å². The number of halogens is 2. The normalized spacial score (nSPS) is 10.0. The first kappa shape index (κ1) is 12.7. The molecule has 0 saturated heterocycles. The van der Waals surface area contributed by atoms with Gasteiger partial charge in [-0.2, -0.15) is 14.0 Å². The van der Waals surface area contributed by atoms with Gasteiger partial charge in [-0.3, -0.25) is 4.79 Å². The molecule has 3 N–H and O–H groups in total. The number of anilines is 1. The van der Waals surface area contributed by atoms with Gasteiger partial charge in [0, 0.05) is 11.8 Å². The van der Waals surface area contributed by atoms with Gasteiger partial charge in [-0.15, -0.1) is 0 Å². The first-order chi connectivity index (χ1) is 7.93. The average molecular weight is 242 g/mol. The molecule has 0 bridgehead atoms. The van der Waals surface area contributed by atoms with Crippen LogP contribution in [-0.2, 0) is 11.2 Å². The number of carboxylic acid groups (broad SMARTS) is 1. The Labute approximate surface area is 95.0 Å². The number of aliphatic carboxylic acids is 1. The molecule has 1 rings (SSSR count). The number of nitrogen functional groups attached to an aromatic ring is 1. The van der Waals surface area contributed by atoms with Crippen molar-refractivity contribution in [2.45, 2.75) is 13.0 Å². The van der Waals surface area contributed by atoms with E-state index in [2.05, 4.69) is 4.74 Å². The molecule has 1 aromatic rings. The molecule has 0 radical (unpaired) electrons. The molecule has 0 aliphatic rings. The number of nitriles is 1. The lowest BCUT2D eigenvalue weighted by molar-refractivity contribution is -0.136. The molecule has 0 amide bonds. The molecule has 0 heterocycles. The van der Waals surface area contributed by atoms with Crippen molar-refractivity contribution in [1.82, 2.24) is 0 Å². The lowest BCUT2D eigenvalue weighted by Gasteiger charge is -2.10. The minimum Gasteiger partial charge on any atom is -0.481 e. The summed E-state index contributed by atoms with van der Waals surface area (Å²) in [6.07, 6.45) is -0.493. The van der Waals surface area contributed by atoms with Crippen LogP contribution in [0.4, 0.5) is 14.5 Å². The summed E-state index contributed by atoms with van der Waals surface area (Å²) in [5.41, 5.74) is 5.25. The van der Waals surface area contributed by atoms with E-state index in [1.165, 1.54) is 6.07 Å². The quantitative estimate of drug-likeness (QED) is 0.777. The molecule has 90 valence electrons. The number of alkyl halides is 2. The van der Waals surface area contributed by atoms with Crippen molar-refractivity contribution < 1.29 is 23.4 Å². The van der Waals surface area contributed by atoms with Crippen molar-refractivity contribution >= 4 is 11.7 Å². The van der Waals surface area contributed by atoms with E-state index < -0.39 is 24.8 Å². The van der Waals surface area contributed by atoms with Crippen LogP contribution in [0.1, 0.15) is 11.1 Å². The van der Waals surface area contributed by atoms with Gasteiger partial charge in [0.15, 0.2) is 0 Å². The Hall–Kier alpha value is -2.36. The summed E-state index contributed by atoms with van der Waals surface area (Å²) in [4.78, 5) is 10.5. The van der Waals surface area contributed by atoms with Crippen LogP contribution >= 0.6 is 0 Å². The molecule has 0 unspecified atom stereocenters. The number of ether oxygens (including phenoxy) is 1. The molecule has 0 aliphatic carbocycles. The Morgan fingerprint density at radius 1 is 1.59 bits per heavy atom. The third-order valence-electron chi connectivity index (χ3n) is 1.88. The van der Waals surface area contributed by atoms with Crippen LogP contribution in [0.5, 0.6) is 5.75 Å². The van der Waals surface area contributed by atoms with Gasteiger partial charge in [0.1, 0.15) is 11.8 Å². The standard InChI is InChI=1S/C10H8F2N2O3/c11-10(12)17-8-3-6(14)1-5(2-9(15)16)7(8)4-13/h1,3,10H,2,14H2,(H,15,16). The highest BCUT2D eigenvalue weighted by Gasteiger charge is 2.16. The van der Waals surface area contributed by atoms with Gasteiger partial charge in [-0.1, -0.05) is 0 Å². The molecule has 0 fully saturated rings. The summed E-state index contributed by atoms with van der Waals surface area (Å²) in [5.74, 6) is -1.62. The van der Waals surface area contributed by atoms with E-state index in [1.54, 1.807) is 6.07 Å². The number of carbonyl (C=O) groups is 1. The second kappa shape index (κ2) is 5.12. The summed E-state index contributed by atoms with van der Waals surface area (Å²) in [6, 6.07) is 3.92. The summed E-state index contributed by atoms with van der Waals surface area (Å²) < 4.78 is 28.3. The van der Waals surface area contributed by atoms with Crippen LogP contribution in [0.2, 0.25) is 0 Å². The maximum Gasteiger partial charge on any atom is 0.387 e. The van der Waals surface area contributed by atoms with Crippen molar-refractivity contribution in [3.8, 4) is 11.8 Å². The summed E-state index contributed by atoms with van der Waals surface area (Å²) in [6.45, 7) is -3.11. The summed E-state index contributed by atoms with van der Waals surface area (Å²) >= 11 is 0. The molecule has 0 aromatic heterocycles. The van der Waals surface area contributed by atoms with E-state index in [9.17, 15) is 13.6 Å². The van der Waals surface area contributed by atoms with Crippen molar-refractivity contribution in [2.75, 3.05) is 5.73 Å². The molecular formula is C10H8F2N2O3. The number of benzene rings is 1. The Kier molecular flexibility index (Phi) is 3.82. The van der Waals surface area contributed by atoms with Crippen molar-refractivity contribution in [3.63, 3.8) is 0 Å². The molecule has 1 aromatic carbocycles. The molecule has 0 spiro atoms. The maximum absolute atomic E-state index is 12.1. The van der Waals surface area contributed by atoms with Crippen LogP contribution in [0.15, 0.2) is 12.1 Å². The molecule has 0 saturated carbocycles. The molecule has 0 atom stereocenters. The topological polar surface area (TPSA) is 96.3 Å². The predicted octanol–water partition coefficient (Wildman–Crippen LogP) is 1.37. The van der Waals surface area contributed by atoms with Crippen molar-refractivity contribution in [3.05, 3.63) is 23.3 Å². The van der Waals surface area contributed by atoms with Gasteiger partial charge in [0.2, 0.25) is 0 Å². The number of hydrogen-bond donors (Lipinski definition) is 2. The Morgan fingerprint density at radius 2 is 2.24 bits per heavy atom. The summed E-state index contributed by atoms with van der Waals surface area (Å²) in [7, 11) is 0. The minimum absolute atomic E-state index is 0.0376. The summed E-state index contributed by atoms with van der Waals surface area (Å²) in [5, 5.41) is 17.4. The number of carboxylic acids is 1. The number of nitrogens with zero attached hydrogens (tertiary/aromatic N) is 1. The van der Waals surface area contributed by atoms with E-state index in [1.807, 2.05) is 0 Å². The van der Waals surface area contributed by atoms with Crippen molar-refractivity contribution in [2.24, 2.45) is 0 Å². The largest absolute Gasteiger partial charge is 0.481 e. The second-order valence-electron chi connectivity index (χ2n) is 3.11. The van der Waals surface area contributed by atoms with Gasteiger partial charge in [-0.05, 0) is 11.6 Å². The number of hydrogen-bond acceptors (Lipinski definition) is 4. The van der Waals surface area contributed by atoms with Crippen LogP contribution in [0.3, 0.4) is 0 Å². The van der Waals surface area contributed by atoms with E-state index in [-0.39, 0.29) is 16.8 Å². The Bertz CT molecular complexity index is 483. The SMILES string of the molecule is N#Cc1c(CC(=O)O)cc(N)cc1OC(F)F. The zero-order chi connectivity index (χ0) is 13.0. The van der Waals surface area contributed by atoms with Gasteiger partial charge in [0.05, 0.1) is 12.0 Å². The highest BCUT2D eigenvalue weighted by molar-refractivity contribution is 5.73.